The fourth-order valence-corrected chi connectivity index (χ4v) is 3.15. The summed E-state index contributed by atoms with van der Waals surface area (Å²) in [7, 11) is 0. The molecule has 4 nitrogen and oxygen atoms in total. The van der Waals surface area contributed by atoms with Gasteiger partial charge in [0.25, 0.3) is 0 Å². The van der Waals surface area contributed by atoms with Gasteiger partial charge in [0.05, 0.1) is 22.4 Å². The Bertz CT molecular complexity index is 762. The van der Waals surface area contributed by atoms with Crippen LogP contribution in [0.5, 0.6) is 0 Å². The smallest absolute Gasteiger partial charge is 0.339 e. The van der Waals surface area contributed by atoms with Gasteiger partial charge in [-0.05, 0) is 51.1 Å². The van der Waals surface area contributed by atoms with Gasteiger partial charge < -0.3 is 10.1 Å². The number of amides is 1. The molecule has 0 spiro atoms. The Kier molecular flexibility index (Phi) is 6.91. The van der Waals surface area contributed by atoms with E-state index >= 15 is 0 Å². The van der Waals surface area contributed by atoms with E-state index in [-0.39, 0.29) is 23.3 Å². The molecule has 0 bridgehead atoms. The number of halogens is 1. The molecule has 0 aliphatic rings. The summed E-state index contributed by atoms with van der Waals surface area (Å²) in [5.74, 6) is -0.659. The van der Waals surface area contributed by atoms with Gasteiger partial charge in [-0.25, -0.2) is 4.79 Å². The SMILES string of the molecule is CCOC(=O)c1cc(NC(=O)[C@H](C)Sc2ccc(C)cc2)ccc1Cl. The number of hydrogen-bond acceptors (Lipinski definition) is 4. The van der Waals surface area contributed by atoms with Crippen molar-refractivity contribution >= 4 is 40.9 Å². The Morgan fingerprint density at radius 1 is 1.20 bits per heavy atom. The van der Waals surface area contributed by atoms with Gasteiger partial charge in [-0.1, -0.05) is 29.3 Å². The van der Waals surface area contributed by atoms with Crippen molar-refractivity contribution in [2.24, 2.45) is 0 Å². The number of esters is 1. The zero-order chi connectivity index (χ0) is 18.4. The first-order chi connectivity index (χ1) is 11.9. The van der Waals surface area contributed by atoms with Crippen LogP contribution in [0.1, 0.15) is 29.8 Å². The molecule has 0 aliphatic heterocycles. The van der Waals surface area contributed by atoms with Crippen molar-refractivity contribution in [3.8, 4) is 0 Å². The third-order valence-corrected chi connectivity index (χ3v) is 4.87. The lowest BCUT2D eigenvalue weighted by Crippen LogP contribution is -2.22. The maximum absolute atomic E-state index is 12.4. The average Bonchev–Trinajstić information content (AvgIpc) is 2.58. The van der Waals surface area contributed by atoms with Crippen molar-refractivity contribution in [1.82, 2.24) is 0 Å². The van der Waals surface area contributed by atoms with E-state index in [1.54, 1.807) is 19.1 Å². The summed E-state index contributed by atoms with van der Waals surface area (Å²) < 4.78 is 4.96. The molecule has 0 fully saturated rings. The maximum Gasteiger partial charge on any atom is 0.339 e. The van der Waals surface area contributed by atoms with E-state index in [0.717, 1.165) is 4.90 Å². The highest BCUT2D eigenvalue weighted by Crippen LogP contribution is 2.26. The fraction of sp³-hybridized carbons (Fsp3) is 0.263. The number of ether oxygens (including phenoxy) is 1. The molecule has 0 saturated carbocycles. The fourth-order valence-electron chi connectivity index (χ4n) is 2.09. The Morgan fingerprint density at radius 2 is 1.88 bits per heavy atom. The second-order valence-electron chi connectivity index (χ2n) is 5.48. The van der Waals surface area contributed by atoms with Crippen molar-refractivity contribution in [2.75, 3.05) is 11.9 Å². The van der Waals surface area contributed by atoms with Crippen molar-refractivity contribution in [1.29, 1.82) is 0 Å². The zero-order valence-electron chi connectivity index (χ0n) is 14.3. The van der Waals surface area contributed by atoms with E-state index in [9.17, 15) is 9.59 Å². The maximum atomic E-state index is 12.4. The van der Waals surface area contributed by atoms with E-state index in [0.29, 0.717) is 10.7 Å². The lowest BCUT2D eigenvalue weighted by molar-refractivity contribution is -0.115. The third kappa shape index (κ3) is 5.51. The molecule has 25 heavy (non-hydrogen) atoms. The Balaban J connectivity index is 2.05. The summed E-state index contributed by atoms with van der Waals surface area (Å²) in [5.41, 5.74) is 1.92. The van der Waals surface area contributed by atoms with Gasteiger partial charge >= 0.3 is 5.97 Å². The molecular formula is C19H20ClNO3S. The minimum atomic E-state index is -0.509. The summed E-state index contributed by atoms with van der Waals surface area (Å²) >= 11 is 7.50. The average molecular weight is 378 g/mol. The molecule has 1 N–H and O–H groups in total. The molecule has 0 radical (unpaired) electrons. The summed E-state index contributed by atoms with van der Waals surface area (Å²) in [6, 6.07) is 12.8. The van der Waals surface area contributed by atoms with Crippen molar-refractivity contribution in [2.45, 2.75) is 30.9 Å². The number of hydrogen-bond donors (Lipinski definition) is 1. The van der Waals surface area contributed by atoms with Crippen LogP contribution in [-0.4, -0.2) is 23.7 Å². The first-order valence-corrected chi connectivity index (χ1v) is 9.17. The highest BCUT2D eigenvalue weighted by Gasteiger charge is 2.17. The van der Waals surface area contributed by atoms with Gasteiger partial charge in [0.2, 0.25) is 5.91 Å². The topological polar surface area (TPSA) is 55.4 Å². The number of aryl methyl sites for hydroxylation is 1. The van der Waals surface area contributed by atoms with Crippen molar-refractivity contribution in [3.05, 3.63) is 58.6 Å². The zero-order valence-corrected chi connectivity index (χ0v) is 15.9. The molecule has 132 valence electrons. The lowest BCUT2D eigenvalue weighted by atomic mass is 10.2. The predicted molar refractivity (Wildman–Crippen MR) is 103 cm³/mol. The molecule has 0 aliphatic carbocycles. The molecule has 0 unspecified atom stereocenters. The molecule has 1 amide bonds. The van der Waals surface area contributed by atoms with Crippen molar-refractivity contribution < 1.29 is 14.3 Å². The number of anilines is 1. The highest BCUT2D eigenvalue weighted by atomic mass is 35.5. The molecule has 0 saturated heterocycles. The minimum absolute atomic E-state index is 0.150. The molecule has 0 heterocycles. The molecular weight excluding hydrogens is 358 g/mol. The molecule has 1 atom stereocenters. The van der Waals surface area contributed by atoms with Crippen LogP contribution < -0.4 is 5.32 Å². The summed E-state index contributed by atoms with van der Waals surface area (Å²) in [4.78, 5) is 25.3. The van der Waals surface area contributed by atoms with E-state index in [1.165, 1.54) is 23.4 Å². The number of nitrogens with one attached hydrogen (secondary N) is 1. The van der Waals surface area contributed by atoms with Crippen LogP contribution in [0.15, 0.2) is 47.4 Å². The number of carbonyl (C=O) groups excluding carboxylic acids is 2. The second kappa shape index (κ2) is 8.92. The number of carbonyl (C=O) groups is 2. The first kappa shape index (κ1) is 19.3. The van der Waals surface area contributed by atoms with Crippen LogP contribution in [0.3, 0.4) is 0 Å². The number of benzene rings is 2. The number of rotatable bonds is 6. The van der Waals surface area contributed by atoms with Crippen molar-refractivity contribution in [3.63, 3.8) is 0 Å². The Hall–Kier alpha value is -1.98. The summed E-state index contributed by atoms with van der Waals surface area (Å²) in [6.45, 7) is 5.84. The largest absolute Gasteiger partial charge is 0.462 e. The Morgan fingerprint density at radius 3 is 2.52 bits per heavy atom. The van der Waals surface area contributed by atoms with Crippen LogP contribution in [0.4, 0.5) is 5.69 Å². The van der Waals surface area contributed by atoms with Crippen LogP contribution in [0.25, 0.3) is 0 Å². The number of thioether (sulfide) groups is 1. The van der Waals surface area contributed by atoms with Gasteiger partial charge in [-0.3, -0.25) is 4.79 Å². The standard InChI is InChI=1S/C19H20ClNO3S/c1-4-24-19(23)16-11-14(7-10-17(16)20)21-18(22)13(3)25-15-8-5-12(2)6-9-15/h5-11,13H,4H2,1-3H3,(H,21,22)/t13-/m0/s1. The van der Waals surface area contributed by atoms with E-state index in [2.05, 4.69) is 5.32 Å². The molecule has 2 aromatic rings. The second-order valence-corrected chi connectivity index (χ2v) is 7.30. The predicted octanol–water partition coefficient (Wildman–Crippen LogP) is 4.94. The first-order valence-electron chi connectivity index (χ1n) is 7.91. The van der Waals surface area contributed by atoms with Gasteiger partial charge in [0.15, 0.2) is 0 Å². The van der Waals surface area contributed by atoms with E-state index < -0.39 is 5.97 Å². The summed E-state index contributed by atoms with van der Waals surface area (Å²) in [6.07, 6.45) is 0. The van der Waals surface area contributed by atoms with Crippen LogP contribution in [-0.2, 0) is 9.53 Å². The van der Waals surface area contributed by atoms with Gasteiger partial charge in [0, 0.05) is 10.6 Å². The quantitative estimate of drug-likeness (QED) is 0.572. The Labute approximate surface area is 156 Å². The van der Waals surface area contributed by atoms with E-state index in [1.807, 2.05) is 38.1 Å². The van der Waals surface area contributed by atoms with Gasteiger partial charge in [-0.2, -0.15) is 0 Å². The normalized spacial score (nSPS) is 11.7. The van der Waals surface area contributed by atoms with Crippen LogP contribution in [0, 0.1) is 6.92 Å². The lowest BCUT2D eigenvalue weighted by Gasteiger charge is -2.13. The van der Waals surface area contributed by atoms with Gasteiger partial charge in [0.1, 0.15) is 0 Å². The van der Waals surface area contributed by atoms with Crippen LogP contribution in [0.2, 0.25) is 5.02 Å². The van der Waals surface area contributed by atoms with Crippen LogP contribution >= 0.6 is 23.4 Å². The molecule has 0 aromatic heterocycles. The van der Waals surface area contributed by atoms with Gasteiger partial charge in [-0.15, -0.1) is 11.8 Å². The molecule has 2 rings (SSSR count). The third-order valence-electron chi connectivity index (χ3n) is 3.43. The van der Waals surface area contributed by atoms with E-state index in [4.69, 9.17) is 16.3 Å². The highest BCUT2D eigenvalue weighted by molar-refractivity contribution is 8.00. The monoisotopic (exact) mass is 377 g/mol. The summed E-state index contributed by atoms with van der Waals surface area (Å²) in [5, 5.41) is 2.81. The molecule has 6 heteroatoms. The molecule has 2 aromatic carbocycles. The minimum Gasteiger partial charge on any atom is -0.462 e.